The number of carbonyl (C=O) groups excluding carboxylic acids is 1. The molecule has 0 bridgehead atoms. The van der Waals surface area contributed by atoms with E-state index in [0.29, 0.717) is 18.8 Å². The number of benzene rings is 1. The van der Waals surface area contributed by atoms with Crippen LogP contribution in [0.3, 0.4) is 0 Å². The Balaban J connectivity index is 1.82. The van der Waals surface area contributed by atoms with Gasteiger partial charge in [0.1, 0.15) is 11.5 Å². The lowest BCUT2D eigenvalue weighted by Crippen LogP contribution is -2.49. The molecule has 1 amide bonds. The number of hydrogen-bond acceptors (Lipinski definition) is 5. The van der Waals surface area contributed by atoms with Crippen LogP contribution >= 0.6 is 0 Å². The van der Waals surface area contributed by atoms with Crippen molar-refractivity contribution >= 4 is 5.91 Å². The fourth-order valence-corrected chi connectivity index (χ4v) is 2.98. The van der Waals surface area contributed by atoms with Crippen LogP contribution in [0.4, 0.5) is 0 Å². The molecule has 1 aliphatic rings. The van der Waals surface area contributed by atoms with E-state index in [1.54, 1.807) is 13.2 Å². The molecule has 6 heteroatoms. The topological polar surface area (TPSA) is 67.6 Å². The van der Waals surface area contributed by atoms with Gasteiger partial charge in [0.05, 0.1) is 25.3 Å². The number of para-hydroxylation sites is 1. The molecule has 1 aromatic heterocycles. The molecule has 2 heterocycles. The highest BCUT2D eigenvalue weighted by molar-refractivity contribution is 5.79. The molecule has 1 aliphatic heterocycles. The maximum atomic E-state index is 12.7. The van der Waals surface area contributed by atoms with Gasteiger partial charge in [-0.25, -0.2) is 0 Å². The summed E-state index contributed by atoms with van der Waals surface area (Å²) in [5, 5.41) is 7.27. The fourth-order valence-electron chi connectivity index (χ4n) is 2.98. The number of aryl methyl sites for hydroxylation is 1. The molecule has 0 aliphatic carbocycles. The van der Waals surface area contributed by atoms with Crippen LogP contribution in [-0.4, -0.2) is 42.7 Å². The molecule has 0 spiro atoms. The van der Waals surface area contributed by atoms with E-state index in [4.69, 9.17) is 9.26 Å². The standard InChI is InChI=1S/C17H21N3O3/c1-12-9-13(19-23-12)10-17(21)20-8-7-18-11-15(20)14-5-3-4-6-16(14)22-2/h3-6,9,15,18H,7-8,10-11H2,1-2H3. The van der Waals surface area contributed by atoms with E-state index >= 15 is 0 Å². The molecule has 6 nitrogen and oxygen atoms in total. The molecule has 2 aromatic rings. The normalized spacial score (nSPS) is 18.0. The zero-order valence-corrected chi connectivity index (χ0v) is 13.4. The highest BCUT2D eigenvalue weighted by Gasteiger charge is 2.30. The first kappa shape index (κ1) is 15.6. The van der Waals surface area contributed by atoms with Crippen molar-refractivity contribution in [3.8, 4) is 5.75 Å². The summed E-state index contributed by atoms with van der Waals surface area (Å²) in [5.74, 6) is 1.57. The summed E-state index contributed by atoms with van der Waals surface area (Å²) in [7, 11) is 1.65. The van der Waals surface area contributed by atoms with Gasteiger partial charge in [-0.1, -0.05) is 23.4 Å². The van der Waals surface area contributed by atoms with Crippen molar-refractivity contribution < 1.29 is 14.1 Å². The lowest BCUT2D eigenvalue weighted by molar-refractivity contribution is -0.133. The third-order valence-electron chi connectivity index (χ3n) is 4.07. The Morgan fingerprint density at radius 1 is 1.48 bits per heavy atom. The first-order valence-electron chi connectivity index (χ1n) is 7.74. The van der Waals surface area contributed by atoms with Crippen LogP contribution in [0, 0.1) is 6.92 Å². The van der Waals surface area contributed by atoms with Gasteiger partial charge in [0.25, 0.3) is 0 Å². The van der Waals surface area contributed by atoms with Crippen molar-refractivity contribution in [2.24, 2.45) is 0 Å². The Kier molecular flexibility index (Phi) is 4.62. The summed E-state index contributed by atoms with van der Waals surface area (Å²) < 4.78 is 10.5. The summed E-state index contributed by atoms with van der Waals surface area (Å²) in [5.41, 5.74) is 1.69. The Labute approximate surface area is 135 Å². The van der Waals surface area contributed by atoms with Gasteiger partial charge >= 0.3 is 0 Å². The molecule has 1 saturated heterocycles. The minimum Gasteiger partial charge on any atom is -0.496 e. The summed E-state index contributed by atoms with van der Waals surface area (Å²) in [6.45, 7) is 3.99. The van der Waals surface area contributed by atoms with Gasteiger partial charge in [-0.2, -0.15) is 0 Å². The molecular weight excluding hydrogens is 294 g/mol. The zero-order chi connectivity index (χ0) is 16.2. The lowest BCUT2D eigenvalue weighted by atomic mass is 10.0. The van der Waals surface area contributed by atoms with Gasteiger partial charge in [0.2, 0.25) is 5.91 Å². The Morgan fingerprint density at radius 3 is 3.04 bits per heavy atom. The number of ether oxygens (including phenoxy) is 1. The van der Waals surface area contributed by atoms with E-state index in [1.165, 1.54) is 0 Å². The van der Waals surface area contributed by atoms with E-state index in [0.717, 1.165) is 23.6 Å². The number of nitrogens with zero attached hydrogens (tertiary/aromatic N) is 2. The van der Waals surface area contributed by atoms with Crippen LogP contribution in [0.25, 0.3) is 0 Å². The molecule has 1 atom stereocenters. The van der Waals surface area contributed by atoms with Gasteiger partial charge < -0.3 is 19.5 Å². The van der Waals surface area contributed by atoms with Gasteiger partial charge in [0, 0.05) is 31.3 Å². The largest absolute Gasteiger partial charge is 0.496 e. The van der Waals surface area contributed by atoms with Crippen molar-refractivity contribution in [1.29, 1.82) is 0 Å². The predicted molar refractivity (Wildman–Crippen MR) is 85.3 cm³/mol. The average molecular weight is 315 g/mol. The number of nitrogens with one attached hydrogen (secondary N) is 1. The van der Waals surface area contributed by atoms with Crippen LogP contribution in [-0.2, 0) is 11.2 Å². The second-order valence-electron chi connectivity index (χ2n) is 5.65. The van der Waals surface area contributed by atoms with E-state index in [1.807, 2.05) is 36.1 Å². The van der Waals surface area contributed by atoms with Gasteiger partial charge in [-0.15, -0.1) is 0 Å². The van der Waals surface area contributed by atoms with Crippen LogP contribution in [0.5, 0.6) is 5.75 Å². The molecule has 1 aromatic carbocycles. The average Bonchev–Trinajstić information content (AvgIpc) is 2.99. The highest BCUT2D eigenvalue weighted by atomic mass is 16.5. The summed E-state index contributed by atoms with van der Waals surface area (Å²) in [6.07, 6.45) is 0.253. The molecular formula is C17H21N3O3. The number of hydrogen-bond donors (Lipinski definition) is 1. The molecule has 1 fully saturated rings. The quantitative estimate of drug-likeness (QED) is 0.930. The molecule has 1 unspecified atom stereocenters. The molecule has 0 radical (unpaired) electrons. The molecule has 122 valence electrons. The maximum absolute atomic E-state index is 12.7. The van der Waals surface area contributed by atoms with Crippen LogP contribution in [0.15, 0.2) is 34.9 Å². The SMILES string of the molecule is COc1ccccc1C1CNCCN1C(=O)Cc1cc(C)on1. The third kappa shape index (κ3) is 3.37. The lowest BCUT2D eigenvalue weighted by Gasteiger charge is -2.37. The number of carbonyl (C=O) groups is 1. The van der Waals surface area contributed by atoms with Crippen molar-refractivity contribution in [3.63, 3.8) is 0 Å². The number of methoxy groups -OCH3 is 1. The van der Waals surface area contributed by atoms with Gasteiger partial charge in [0.15, 0.2) is 0 Å². The van der Waals surface area contributed by atoms with Crippen LogP contribution in [0.1, 0.15) is 23.1 Å². The minimum atomic E-state index is -0.0413. The van der Waals surface area contributed by atoms with Crippen LogP contribution < -0.4 is 10.1 Å². The minimum absolute atomic E-state index is 0.0413. The number of rotatable bonds is 4. The summed E-state index contributed by atoms with van der Waals surface area (Å²) >= 11 is 0. The number of aromatic nitrogens is 1. The Morgan fingerprint density at radius 2 is 2.30 bits per heavy atom. The van der Waals surface area contributed by atoms with Gasteiger partial charge in [-0.3, -0.25) is 4.79 Å². The fraction of sp³-hybridized carbons (Fsp3) is 0.412. The van der Waals surface area contributed by atoms with Crippen molar-refractivity contribution in [3.05, 3.63) is 47.3 Å². The molecule has 3 rings (SSSR count). The first-order valence-corrected chi connectivity index (χ1v) is 7.74. The second-order valence-corrected chi connectivity index (χ2v) is 5.65. The summed E-state index contributed by atoms with van der Waals surface area (Å²) in [6, 6.07) is 9.60. The van der Waals surface area contributed by atoms with Crippen molar-refractivity contribution in [2.45, 2.75) is 19.4 Å². The maximum Gasteiger partial charge on any atom is 0.229 e. The Bertz CT molecular complexity index is 683. The predicted octanol–water partition coefficient (Wildman–Crippen LogP) is 1.71. The van der Waals surface area contributed by atoms with Crippen molar-refractivity contribution in [2.75, 3.05) is 26.7 Å². The molecule has 23 heavy (non-hydrogen) atoms. The van der Waals surface area contributed by atoms with Crippen molar-refractivity contribution in [1.82, 2.24) is 15.4 Å². The van der Waals surface area contributed by atoms with E-state index < -0.39 is 0 Å². The van der Waals surface area contributed by atoms with Crippen LogP contribution in [0.2, 0.25) is 0 Å². The summed E-state index contributed by atoms with van der Waals surface area (Å²) in [4.78, 5) is 14.6. The monoisotopic (exact) mass is 315 g/mol. The zero-order valence-electron chi connectivity index (χ0n) is 13.4. The van der Waals surface area contributed by atoms with E-state index in [-0.39, 0.29) is 18.4 Å². The van der Waals surface area contributed by atoms with E-state index in [2.05, 4.69) is 10.5 Å². The van der Waals surface area contributed by atoms with Gasteiger partial charge in [-0.05, 0) is 13.0 Å². The Hall–Kier alpha value is -2.34. The van der Waals surface area contributed by atoms with E-state index in [9.17, 15) is 4.79 Å². The molecule has 0 saturated carbocycles. The molecule has 1 N–H and O–H groups in total. The number of piperazine rings is 1. The highest BCUT2D eigenvalue weighted by Crippen LogP contribution is 2.30. The third-order valence-corrected chi connectivity index (χ3v) is 4.07. The number of amides is 1. The first-order chi connectivity index (χ1) is 11.2. The smallest absolute Gasteiger partial charge is 0.229 e. The second kappa shape index (κ2) is 6.83.